The number of carbonyl (C=O) groups is 1. The van der Waals surface area contributed by atoms with Crippen LogP contribution in [-0.2, 0) is 4.74 Å². The highest BCUT2D eigenvalue weighted by molar-refractivity contribution is 5.57. The van der Waals surface area contributed by atoms with Crippen LogP contribution in [0.5, 0.6) is 0 Å². The summed E-state index contributed by atoms with van der Waals surface area (Å²) in [4.78, 5) is 10.9. The van der Waals surface area contributed by atoms with Crippen LogP contribution in [0.3, 0.4) is 0 Å². The minimum Gasteiger partial charge on any atom is -0.450 e. The van der Waals surface area contributed by atoms with Crippen molar-refractivity contribution in [1.29, 1.82) is 0 Å². The van der Waals surface area contributed by atoms with Gasteiger partial charge in [0.2, 0.25) is 0 Å². The predicted octanol–water partition coefficient (Wildman–Crippen LogP) is 3.92. The van der Waals surface area contributed by atoms with E-state index in [1.54, 1.807) is 0 Å². The molecule has 0 aliphatic heterocycles. The molecule has 2 aliphatic carbocycles. The number of carboxylic acid groups (broad SMARTS) is 1. The summed E-state index contributed by atoms with van der Waals surface area (Å²) in [6, 6.07) is 0. The van der Waals surface area contributed by atoms with E-state index >= 15 is 0 Å². The first-order chi connectivity index (χ1) is 7.95. The molecule has 2 aliphatic rings. The molecule has 98 valence electrons. The minimum atomic E-state index is -1.11. The van der Waals surface area contributed by atoms with Gasteiger partial charge in [-0.3, -0.25) is 0 Å². The number of hydrogen-bond acceptors (Lipinski definition) is 2. The maximum Gasteiger partial charge on any atom is 0.506 e. The zero-order valence-corrected chi connectivity index (χ0v) is 11.1. The summed E-state index contributed by atoms with van der Waals surface area (Å²) in [5, 5.41) is 8.95. The molecule has 5 unspecified atom stereocenters. The molecule has 1 N–H and O–H groups in total. The minimum absolute atomic E-state index is 0.347. The van der Waals surface area contributed by atoms with Crippen molar-refractivity contribution in [3.63, 3.8) is 0 Å². The van der Waals surface area contributed by atoms with E-state index in [1.807, 2.05) is 6.92 Å². The Hall–Kier alpha value is -0.730. The van der Waals surface area contributed by atoms with E-state index < -0.39 is 11.8 Å². The fourth-order valence-electron chi connectivity index (χ4n) is 4.07. The molecule has 0 spiro atoms. The van der Waals surface area contributed by atoms with E-state index in [0.717, 1.165) is 31.1 Å². The summed E-state index contributed by atoms with van der Waals surface area (Å²) in [5.74, 6) is 2.33. The smallest absolute Gasteiger partial charge is 0.450 e. The van der Waals surface area contributed by atoms with Crippen LogP contribution in [0.2, 0.25) is 0 Å². The first-order valence-corrected chi connectivity index (χ1v) is 6.87. The Balaban J connectivity index is 2.17. The molecule has 0 aromatic rings. The highest BCUT2D eigenvalue weighted by atomic mass is 16.7. The predicted molar refractivity (Wildman–Crippen MR) is 65.9 cm³/mol. The van der Waals surface area contributed by atoms with Gasteiger partial charge >= 0.3 is 6.16 Å². The number of rotatable bonds is 2. The Bertz CT molecular complexity index is 300. The van der Waals surface area contributed by atoms with E-state index in [0.29, 0.717) is 11.8 Å². The molecule has 0 aromatic heterocycles. The second-order valence-corrected chi connectivity index (χ2v) is 6.23. The van der Waals surface area contributed by atoms with E-state index in [2.05, 4.69) is 13.8 Å². The monoisotopic (exact) mass is 240 g/mol. The Morgan fingerprint density at radius 1 is 1.35 bits per heavy atom. The molecule has 0 heterocycles. The third kappa shape index (κ3) is 2.29. The lowest BCUT2D eigenvalue weighted by molar-refractivity contribution is -0.129. The summed E-state index contributed by atoms with van der Waals surface area (Å²) in [6.45, 7) is 6.39. The van der Waals surface area contributed by atoms with Crippen LogP contribution < -0.4 is 0 Å². The lowest BCUT2D eigenvalue weighted by Gasteiger charge is -2.52. The molecular weight excluding hydrogens is 216 g/mol. The Kier molecular flexibility index (Phi) is 3.37. The van der Waals surface area contributed by atoms with Crippen LogP contribution in [0.25, 0.3) is 0 Å². The third-order valence-corrected chi connectivity index (χ3v) is 5.26. The molecule has 2 bridgehead atoms. The van der Waals surface area contributed by atoms with Gasteiger partial charge in [-0.25, -0.2) is 4.79 Å². The van der Waals surface area contributed by atoms with Crippen LogP contribution >= 0.6 is 0 Å². The van der Waals surface area contributed by atoms with Gasteiger partial charge in [0.05, 0.1) is 0 Å². The molecular formula is C14H24O3. The van der Waals surface area contributed by atoms with Crippen LogP contribution in [0, 0.1) is 23.7 Å². The molecule has 0 amide bonds. The second kappa shape index (κ2) is 4.51. The average molecular weight is 240 g/mol. The molecule has 2 fully saturated rings. The second-order valence-electron chi connectivity index (χ2n) is 6.23. The van der Waals surface area contributed by atoms with Crippen molar-refractivity contribution in [3.8, 4) is 0 Å². The van der Waals surface area contributed by atoms with Gasteiger partial charge in [0.1, 0.15) is 5.60 Å². The molecule has 0 radical (unpaired) electrons. The normalized spacial score (nSPS) is 45.4. The largest absolute Gasteiger partial charge is 0.506 e. The average Bonchev–Trinajstić information content (AvgIpc) is 2.25. The number of ether oxygens (including phenoxy) is 1. The summed E-state index contributed by atoms with van der Waals surface area (Å²) >= 11 is 0. The van der Waals surface area contributed by atoms with Crippen LogP contribution in [0.4, 0.5) is 4.79 Å². The molecule has 3 nitrogen and oxygen atoms in total. The zero-order chi connectivity index (χ0) is 12.6. The van der Waals surface area contributed by atoms with Gasteiger partial charge in [-0.15, -0.1) is 0 Å². The number of fused-ring (bicyclic) bond motifs is 2. The van der Waals surface area contributed by atoms with Crippen LogP contribution in [0.1, 0.15) is 52.9 Å². The molecule has 0 saturated heterocycles. The van der Waals surface area contributed by atoms with Gasteiger partial charge in [-0.1, -0.05) is 20.3 Å². The maximum atomic E-state index is 10.9. The van der Waals surface area contributed by atoms with Crippen molar-refractivity contribution in [2.75, 3.05) is 0 Å². The topological polar surface area (TPSA) is 46.5 Å². The van der Waals surface area contributed by atoms with Crippen molar-refractivity contribution in [3.05, 3.63) is 0 Å². The third-order valence-electron chi connectivity index (χ3n) is 5.26. The Labute approximate surface area is 104 Å². The Morgan fingerprint density at radius 2 is 2.06 bits per heavy atom. The van der Waals surface area contributed by atoms with Gasteiger partial charge in [0.25, 0.3) is 0 Å². The van der Waals surface area contributed by atoms with Crippen molar-refractivity contribution in [2.24, 2.45) is 23.7 Å². The van der Waals surface area contributed by atoms with Gasteiger partial charge in [-0.05, 0) is 56.3 Å². The SMILES string of the molecule is CCC1CC2CC(C)C(C)(OC(=O)O)C(C1)C2. The first kappa shape index (κ1) is 12.7. The maximum absolute atomic E-state index is 10.9. The van der Waals surface area contributed by atoms with Crippen molar-refractivity contribution in [2.45, 2.75) is 58.5 Å². The molecule has 3 heteroatoms. The van der Waals surface area contributed by atoms with Gasteiger partial charge in [-0.2, -0.15) is 0 Å². The van der Waals surface area contributed by atoms with Crippen molar-refractivity contribution >= 4 is 6.16 Å². The Morgan fingerprint density at radius 3 is 2.65 bits per heavy atom. The quantitative estimate of drug-likeness (QED) is 0.744. The fourth-order valence-corrected chi connectivity index (χ4v) is 4.07. The van der Waals surface area contributed by atoms with E-state index in [-0.39, 0.29) is 0 Å². The highest BCUT2D eigenvalue weighted by Crippen LogP contribution is 2.52. The molecule has 17 heavy (non-hydrogen) atoms. The number of hydrogen-bond donors (Lipinski definition) is 1. The van der Waals surface area contributed by atoms with Crippen molar-refractivity contribution < 1.29 is 14.6 Å². The van der Waals surface area contributed by atoms with Crippen molar-refractivity contribution in [1.82, 2.24) is 0 Å². The summed E-state index contributed by atoms with van der Waals surface area (Å²) < 4.78 is 5.29. The molecule has 5 atom stereocenters. The van der Waals surface area contributed by atoms with Gasteiger partial charge in [0.15, 0.2) is 0 Å². The van der Waals surface area contributed by atoms with Crippen LogP contribution in [-0.4, -0.2) is 16.9 Å². The van der Waals surface area contributed by atoms with Gasteiger partial charge in [0, 0.05) is 0 Å². The summed E-state index contributed by atoms with van der Waals surface area (Å²) in [6.07, 6.45) is 4.85. The van der Waals surface area contributed by atoms with Crippen LogP contribution in [0.15, 0.2) is 0 Å². The van der Waals surface area contributed by atoms with Gasteiger partial charge < -0.3 is 9.84 Å². The highest BCUT2D eigenvalue weighted by Gasteiger charge is 2.50. The van der Waals surface area contributed by atoms with E-state index in [4.69, 9.17) is 9.84 Å². The zero-order valence-electron chi connectivity index (χ0n) is 11.1. The van der Waals surface area contributed by atoms with E-state index in [1.165, 1.54) is 12.8 Å². The lowest BCUT2D eigenvalue weighted by atomic mass is 9.58. The summed E-state index contributed by atoms with van der Waals surface area (Å²) in [5.41, 5.74) is -0.462. The molecule has 2 saturated carbocycles. The standard InChI is InChI=1S/C14H24O3/c1-4-10-6-11-5-9(2)14(3,17-13(15)16)12(7-10)8-11/h9-12H,4-8H2,1-3H3,(H,15,16). The fraction of sp³-hybridized carbons (Fsp3) is 0.929. The molecule has 2 rings (SSSR count). The molecule has 0 aromatic carbocycles. The summed E-state index contributed by atoms with van der Waals surface area (Å²) in [7, 11) is 0. The van der Waals surface area contributed by atoms with E-state index in [9.17, 15) is 4.79 Å². The lowest BCUT2D eigenvalue weighted by Crippen LogP contribution is -2.52. The first-order valence-electron chi connectivity index (χ1n) is 6.87.